The van der Waals surface area contributed by atoms with E-state index in [1.807, 2.05) is 89.9 Å². The summed E-state index contributed by atoms with van der Waals surface area (Å²) in [5.74, 6) is 0. The van der Waals surface area contributed by atoms with Gasteiger partial charge in [-0.05, 0) is 53.6 Å². The summed E-state index contributed by atoms with van der Waals surface area (Å²) in [6, 6.07) is 33.8. The first-order valence-electron chi connectivity index (χ1n) is 11.7. The summed E-state index contributed by atoms with van der Waals surface area (Å²) in [5, 5.41) is 8.60. The van der Waals surface area contributed by atoms with Gasteiger partial charge in [0.1, 0.15) is 0 Å². The van der Waals surface area contributed by atoms with E-state index in [0.29, 0.717) is 17.0 Å². The van der Waals surface area contributed by atoms with E-state index in [1.165, 1.54) is 0 Å². The van der Waals surface area contributed by atoms with Gasteiger partial charge < -0.3 is 4.98 Å². The van der Waals surface area contributed by atoms with Crippen LogP contribution in [0, 0.1) is 0 Å². The quantitative estimate of drug-likeness (QED) is 0.245. The molecule has 0 radical (unpaired) electrons. The van der Waals surface area contributed by atoms with Crippen molar-refractivity contribution in [3.63, 3.8) is 0 Å². The van der Waals surface area contributed by atoms with E-state index in [2.05, 4.69) is 33.0 Å². The van der Waals surface area contributed by atoms with Crippen LogP contribution < -0.4 is 10.6 Å². The van der Waals surface area contributed by atoms with Gasteiger partial charge in [-0.25, -0.2) is 0 Å². The van der Waals surface area contributed by atoms with Crippen molar-refractivity contribution in [2.75, 3.05) is 5.01 Å². The van der Waals surface area contributed by atoms with Gasteiger partial charge in [-0.3, -0.25) is 9.80 Å². The SMILES string of the molecule is O=c1[nH]c2ccc(Cl)cc2c(-c2ccccc2)c1C1=NN(c2ccccc2)[C@@H](c2cccc(Br)c2)C1. The van der Waals surface area contributed by atoms with Crippen LogP contribution in [-0.2, 0) is 0 Å². The first-order valence-corrected chi connectivity index (χ1v) is 12.8. The summed E-state index contributed by atoms with van der Waals surface area (Å²) in [5.41, 5.74) is 5.79. The Labute approximate surface area is 222 Å². The fraction of sp³-hybridized carbons (Fsp3) is 0.0667. The van der Waals surface area contributed by atoms with E-state index in [4.69, 9.17) is 16.7 Å². The van der Waals surface area contributed by atoms with E-state index >= 15 is 0 Å². The number of aromatic nitrogens is 1. The zero-order valence-electron chi connectivity index (χ0n) is 19.2. The summed E-state index contributed by atoms with van der Waals surface area (Å²) in [7, 11) is 0. The van der Waals surface area contributed by atoms with Gasteiger partial charge in [-0.15, -0.1) is 0 Å². The lowest BCUT2D eigenvalue weighted by Gasteiger charge is -2.24. The maximum Gasteiger partial charge on any atom is 0.258 e. The van der Waals surface area contributed by atoms with E-state index in [9.17, 15) is 4.79 Å². The Hall–Kier alpha value is -3.67. The molecule has 36 heavy (non-hydrogen) atoms. The molecule has 4 aromatic carbocycles. The van der Waals surface area contributed by atoms with Crippen LogP contribution in [0.25, 0.3) is 22.0 Å². The van der Waals surface area contributed by atoms with Crippen molar-refractivity contribution in [1.82, 2.24) is 4.98 Å². The highest BCUT2D eigenvalue weighted by Gasteiger charge is 2.33. The van der Waals surface area contributed by atoms with Gasteiger partial charge in [0.05, 0.1) is 23.0 Å². The van der Waals surface area contributed by atoms with E-state index in [-0.39, 0.29) is 11.6 Å². The number of para-hydroxylation sites is 1. The Morgan fingerprint density at radius 3 is 2.36 bits per heavy atom. The maximum absolute atomic E-state index is 13.6. The minimum Gasteiger partial charge on any atom is -0.321 e. The third-order valence-corrected chi connectivity index (χ3v) is 7.22. The van der Waals surface area contributed by atoms with Gasteiger partial charge in [0.15, 0.2) is 0 Å². The normalized spacial score (nSPS) is 15.3. The van der Waals surface area contributed by atoms with Crippen molar-refractivity contribution >= 4 is 49.8 Å². The van der Waals surface area contributed by atoms with Gasteiger partial charge >= 0.3 is 0 Å². The summed E-state index contributed by atoms with van der Waals surface area (Å²) in [6.07, 6.45) is 0.584. The number of pyridine rings is 1. The molecule has 6 heteroatoms. The zero-order chi connectivity index (χ0) is 24.6. The summed E-state index contributed by atoms with van der Waals surface area (Å²) >= 11 is 10.0. The van der Waals surface area contributed by atoms with Crippen LogP contribution >= 0.6 is 27.5 Å². The van der Waals surface area contributed by atoms with Gasteiger partial charge in [0.2, 0.25) is 0 Å². The topological polar surface area (TPSA) is 48.5 Å². The molecule has 1 aliphatic heterocycles. The predicted octanol–water partition coefficient (Wildman–Crippen LogP) is 7.97. The standard InChI is InChI=1S/C30H21BrClN3O/c31-21-11-7-10-20(16-21)27-18-26(34-35(27)23-12-5-2-6-13-23)29-28(19-8-3-1-4-9-19)24-17-22(32)14-15-25(24)33-30(29)36/h1-17,27H,18H2,(H,33,36)/t27-/m1/s1. The van der Waals surface area contributed by atoms with Crippen molar-refractivity contribution in [2.45, 2.75) is 12.5 Å². The lowest BCUT2D eigenvalue weighted by atomic mass is 9.91. The van der Waals surface area contributed by atoms with Crippen molar-refractivity contribution in [1.29, 1.82) is 0 Å². The highest BCUT2D eigenvalue weighted by Crippen LogP contribution is 2.40. The molecule has 0 saturated carbocycles. The molecular formula is C30H21BrClN3O. The van der Waals surface area contributed by atoms with Crippen molar-refractivity contribution in [2.24, 2.45) is 5.10 Å². The van der Waals surface area contributed by atoms with Crippen LogP contribution in [0.5, 0.6) is 0 Å². The number of nitrogens with zero attached hydrogens (tertiary/aromatic N) is 2. The Morgan fingerprint density at radius 2 is 1.61 bits per heavy atom. The molecule has 0 fully saturated rings. The number of hydrogen-bond acceptors (Lipinski definition) is 3. The minimum atomic E-state index is -0.162. The maximum atomic E-state index is 13.6. The van der Waals surface area contributed by atoms with Crippen LogP contribution in [0.1, 0.15) is 23.6 Å². The summed E-state index contributed by atoms with van der Waals surface area (Å²) < 4.78 is 1.00. The molecule has 0 bridgehead atoms. The molecule has 5 aromatic rings. The van der Waals surface area contributed by atoms with Crippen LogP contribution in [-0.4, -0.2) is 10.7 Å². The molecule has 2 heterocycles. The Morgan fingerprint density at radius 1 is 0.861 bits per heavy atom. The number of nitrogens with one attached hydrogen (secondary N) is 1. The second-order valence-corrected chi connectivity index (χ2v) is 10.1. The first-order chi connectivity index (χ1) is 17.6. The molecule has 4 nitrogen and oxygen atoms in total. The fourth-order valence-corrected chi connectivity index (χ4v) is 5.49. The van der Waals surface area contributed by atoms with E-state index in [0.717, 1.165) is 43.5 Å². The number of H-pyrrole nitrogens is 1. The third-order valence-electron chi connectivity index (χ3n) is 6.49. The molecule has 0 amide bonds. The molecule has 0 saturated heterocycles. The number of fused-ring (bicyclic) bond motifs is 1. The Kier molecular flexibility index (Phi) is 5.96. The molecule has 1 N–H and O–H groups in total. The van der Waals surface area contributed by atoms with Crippen LogP contribution in [0.15, 0.2) is 117 Å². The minimum absolute atomic E-state index is 0.0574. The van der Waals surface area contributed by atoms with E-state index < -0.39 is 0 Å². The largest absolute Gasteiger partial charge is 0.321 e. The molecule has 6 rings (SSSR count). The van der Waals surface area contributed by atoms with Gasteiger partial charge in [-0.1, -0.05) is 88.2 Å². The van der Waals surface area contributed by atoms with Crippen molar-refractivity contribution in [3.8, 4) is 11.1 Å². The Balaban J connectivity index is 1.60. The highest BCUT2D eigenvalue weighted by molar-refractivity contribution is 9.10. The molecular weight excluding hydrogens is 534 g/mol. The average molecular weight is 555 g/mol. The molecule has 0 spiro atoms. The smallest absolute Gasteiger partial charge is 0.258 e. The second kappa shape index (κ2) is 9.41. The molecule has 1 aromatic heterocycles. The lowest BCUT2D eigenvalue weighted by molar-refractivity contribution is 0.708. The lowest BCUT2D eigenvalue weighted by Crippen LogP contribution is -2.20. The van der Waals surface area contributed by atoms with E-state index in [1.54, 1.807) is 6.07 Å². The molecule has 176 valence electrons. The predicted molar refractivity (Wildman–Crippen MR) is 152 cm³/mol. The zero-order valence-corrected chi connectivity index (χ0v) is 21.5. The molecule has 1 atom stereocenters. The molecule has 1 aliphatic rings. The van der Waals surface area contributed by atoms with Crippen molar-refractivity contribution in [3.05, 3.63) is 134 Å². The highest BCUT2D eigenvalue weighted by atomic mass is 79.9. The average Bonchev–Trinajstić information content (AvgIpc) is 3.34. The monoisotopic (exact) mass is 553 g/mol. The molecule has 0 unspecified atom stereocenters. The van der Waals surface area contributed by atoms with Crippen LogP contribution in [0.4, 0.5) is 5.69 Å². The van der Waals surface area contributed by atoms with Gasteiger partial charge in [-0.2, -0.15) is 5.10 Å². The summed E-state index contributed by atoms with van der Waals surface area (Å²) in [6.45, 7) is 0. The number of anilines is 1. The number of aromatic amines is 1. The second-order valence-electron chi connectivity index (χ2n) is 8.76. The number of rotatable bonds is 4. The third kappa shape index (κ3) is 4.15. The van der Waals surface area contributed by atoms with Gasteiger partial charge in [0, 0.05) is 32.4 Å². The van der Waals surface area contributed by atoms with Crippen LogP contribution in [0.2, 0.25) is 5.02 Å². The van der Waals surface area contributed by atoms with Crippen molar-refractivity contribution < 1.29 is 0 Å². The number of hydrazone groups is 1. The number of benzene rings is 4. The fourth-order valence-electron chi connectivity index (χ4n) is 4.90. The van der Waals surface area contributed by atoms with Crippen LogP contribution in [0.3, 0.4) is 0 Å². The Bertz CT molecular complexity index is 1670. The number of halogens is 2. The molecule has 0 aliphatic carbocycles. The first kappa shape index (κ1) is 22.8. The number of hydrogen-bond donors (Lipinski definition) is 1. The van der Waals surface area contributed by atoms with Gasteiger partial charge in [0.25, 0.3) is 5.56 Å². The summed E-state index contributed by atoms with van der Waals surface area (Å²) in [4.78, 5) is 16.7.